The van der Waals surface area contributed by atoms with Gasteiger partial charge >= 0.3 is 0 Å². The summed E-state index contributed by atoms with van der Waals surface area (Å²) in [5.41, 5.74) is 1.12. The van der Waals surface area contributed by atoms with Gasteiger partial charge in [-0.3, -0.25) is 0 Å². The van der Waals surface area contributed by atoms with Gasteiger partial charge in [-0.05, 0) is 18.2 Å². The van der Waals surface area contributed by atoms with Gasteiger partial charge in [0.2, 0.25) is 0 Å². The molecule has 1 aromatic carbocycles. The molecule has 2 rings (SSSR count). The van der Waals surface area contributed by atoms with Crippen LogP contribution in [-0.4, -0.2) is 24.4 Å². The minimum atomic E-state index is 0.0289. The molecule has 0 saturated carbocycles. The van der Waals surface area contributed by atoms with Crippen molar-refractivity contribution < 1.29 is 9.84 Å². The molecule has 1 aliphatic rings. The summed E-state index contributed by atoms with van der Waals surface area (Å²) in [6.45, 7) is 1.36. The molecular formula is C10H12BrNO2. The molecule has 0 aliphatic carbocycles. The van der Waals surface area contributed by atoms with Crippen molar-refractivity contribution in [2.24, 2.45) is 0 Å². The quantitative estimate of drug-likeness (QED) is 0.797. The lowest BCUT2D eigenvalue weighted by atomic mass is 10.2. The van der Waals surface area contributed by atoms with Crippen molar-refractivity contribution in [1.29, 1.82) is 0 Å². The topological polar surface area (TPSA) is 41.5 Å². The van der Waals surface area contributed by atoms with Gasteiger partial charge in [-0.15, -0.1) is 0 Å². The van der Waals surface area contributed by atoms with Gasteiger partial charge in [0.1, 0.15) is 12.4 Å². The van der Waals surface area contributed by atoms with Gasteiger partial charge < -0.3 is 15.2 Å². The Labute approximate surface area is 91.2 Å². The minimum absolute atomic E-state index is 0.0289. The van der Waals surface area contributed by atoms with E-state index in [4.69, 9.17) is 9.84 Å². The van der Waals surface area contributed by atoms with E-state index < -0.39 is 0 Å². The molecule has 4 heteroatoms. The Morgan fingerprint density at radius 2 is 2.43 bits per heavy atom. The number of aliphatic hydroxyl groups excluding tert-OH is 1. The smallest absolute Gasteiger partial charge is 0.123 e. The minimum Gasteiger partial charge on any atom is -0.492 e. The summed E-state index contributed by atoms with van der Waals surface area (Å²) >= 11 is 3.42. The van der Waals surface area contributed by atoms with Crippen LogP contribution >= 0.6 is 15.9 Å². The van der Waals surface area contributed by atoms with E-state index in [0.717, 1.165) is 22.3 Å². The van der Waals surface area contributed by atoms with Gasteiger partial charge in [0.05, 0.1) is 12.6 Å². The Morgan fingerprint density at radius 3 is 3.21 bits per heavy atom. The van der Waals surface area contributed by atoms with Crippen LogP contribution in [0.2, 0.25) is 0 Å². The summed E-state index contributed by atoms with van der Waals surface area (Å²) in [4.78, 5) is 0. The van der Waals surface area contributed by atoms with Crippen molar-refractivity contribution in [2.75, 3.05) is 13.2 Å². The van der Waals surface area contributed by atoms with Gasteiger partial charge in [0.25, 0.3) is 0 Å². The van der Waals surface area contributed by atoms with Crippen LogP contribution < -0.4 is 10.1 Å². The van der Waals surface area contributed by atoms with E-state index in [0.29, 0.717) is 6.61 Å². The monoisotopic (exact) mass is 257 g/mol. The molecule has 1 unspecified atom stereocenters. The third-order valence-corrected chi connectivity index (χ3v) is 2.76. The predicted molar refractivity (Wildman–Crippen MR) is 57.4 cm³/mol. The van der Waals surface area contributed by atoms with Crippen molar-refractivity contribution in [2.45, 2.75) is 12.6 Å². The van der Waals surface area contributed by atoms with Crippen molar-refractivity contribution in [1.82, 2.24) is 5.32 Å². The summed E-state index contributed by atoms with van der Waals surface area (Å²) in [7, 11) is 0. The van der Waals surface area contributed by atoms with Gasteiger partial charge in [-0.25, -0.2) is 0 Å². The number of rotatable bonds is 1. The highest BCUT2D eigenvalue weighted by Gasteiger charge is 2.15. The van der Waals surface area contributed by atoms with Crippen LogP contribution in [-0.2, 0) is 6.54 Å². The van der Waals surface area contributed by atoms with E-state index in [9.17, 15) is 0 Å². The number of fused-ring (bicyclic) bond motifs is 1. The Kier molecular flexibility index (Phi) is 3.05. The van der Waals surface area contributed by atoms with E-state index in [-0.39, 0.29) is 12.6 Å². The largest absolute Gasteiger partial charge is 0.492 e. The molecule has 2 N–H and O–H groups in total. The van der Waals surface area contributed by atoms with Crippen molar-refractivity contribution in [3.63, 3.8) is 0 Å². The van der Waals surface area contributed by atoms with Crippen LogP contribution in [0.1, 0.15) is 5.56 Å². The lowest BCUT2D eigenvalue weighted by Crippen LogP contribution is -2.35. The molecule has 0 fully saturated rings. The lowest BCUT2D eigenvalue weighted by molar-refractivity contribution is 0.191. The normalized spacial score (nSPS) is 20.9. The fraction of sp³-hybridized carbons (Fsp3) is 0.400. The van der Waals surface area contributed by atoms with E-state index in [1.54, 1.807) is 0 Å². The van der Waals surface area contributed by atoms with Crippen LogP contribution in [0.3, 0.4) is 0 Å². The highest BCUT2D eigenvalue weighted by atomic mass is 79.9. The first kappa shape index (κ1) is 9.96. The summed E-state index contributed by atoms with van der Waals surface area (Å²) < 4.78 is 6.61. The number of hydrogen-bond acceptors (Lipinski definition) is 3. The average molecular weight is 258 g/mol. The molecule has 1 aliphatic heterocycles. The molecular weight excluding hydrogens is 246 g/mol. The number of hydrogen-bond donors (Lipinski definition) is 2. The lowest BCUT2D eigenvalue weighted by Gasteiger charge is -2.10. The Balaban J connectivity index is 2.21. The first-order valence-corrected chi connectivity index (χ1v) is 5.34. The molecule has 14 heavy (non-hydrogen) atoms. The zero-order valence-corrected chi connectivity index (χ0v) is 9.25. The van der Waals surface area contributed by atoms with Crippen LogP contribution in [0.4, 0.5) is 0 Å². The highest BCUT2D eigenvalue weighted by molar-refractivity contribution is 9.10. The fourth-order valence-electron chi connectivity index (χ4n) is 1.45. The number of nitrogens with one attached hydrogen (secondary N) is 1. The Bertz CT molecular complexity index is 330. The van der Waals surface area contributed by atoms with E-state index in [1.165, 1.54) is 0 Å². The van der Waals surface area contributed by atoms with Gasteiger partial charge in [0, 0.05) is 16.6 Å². The van der Waals surface area contributed by atoms with Gasteiger partial charge in [-0.1, -0.05) is 15.9 Å². The summed E-state index contributed by atoms with van der Waals surface area (Å²) in [6.07, 6.45) is 0. The average Bonchev–Trinajstić information content (AvgIpc) is 2.39. The maximum absolute atomic E-state index is 9.00. The predicted octanol–water partition coefficient (Wildman–Crippen LogP) is 1.29. The molecule has 0 saturated heterocycles. The van der Waals surface area contributed by atoms with Crippen molar-refractivity contribution in [3.8, 4) is 5.75 Å². The molecule has 1 heterocycles. The van der Waals surface area contributed by atoms with Crippen LogP contribution in [0.25, 0.3) is 0 Å². The molecule has 1 aromatic rings. The zero-order chi connectivity index (χ0) is 9.97. The van der Waals surface area contributed by atoms with Crippen molar-refractivity contribution in [3.05, 3.63) is 28.2 Å². The second-order valence-electron chi connectivity index (χ2n) is 3.32. The van der Waals surface area contributed by atoms with Gasteiger partial charge in [-0.2, -0.15) is 0 Å². The molecule has 0 aromatic heterocycles. The van der Waals surface area contributed by atoms with E-state index in [2.05, 4.69) is 21.2 Å². The number of halogens is 1. The first-order valence-electron chi connectivity index (χ1n) is 4.55. The second kappa shape index (κ2) is 4.29. The van der Waals surface area contributed by atoms with Crippen LogP contribution in [0.5, 0.6) is 5.75 Å². The number of ether oxygens (including phenoxy) is 1. The van der Waals surface area contributed by atoms with Crippen LogP contribution in [0.15, 0.2) is 22.7 Å². The Hall–Kier alpha value is -0.580. The van der Waals surface area contributed by atoms with E-state index >= 15 is 0 Å². The number of aliphatic hydroxyl groups is 1. The molecule has 0 radical (unpaired) electrons. The third kappa shape index (κ3) is 2.08. The van der Waals surface area contributed by atoms with E-state index in [1.807, 2.05) is 18.2 Å². The third-order valence-electron chi connectivity index (χ3n) is 2.26. The SMILES string of the molecule is OCC1COc2ccc(Br)cc2CN1. The molecule has 0 amide bonds. The summed E-state index contributed by atoms with van der Waals surface area (Å²) in [5, 5.41) is 12.2. The van der Waals surface area contributed by atoms with Gasteiger partial charge in [0.15, 0.2) is 0 Å². The molecule has 0 bridgehead atoms. The molecule has 1 atom stereocenters. The zero-order valence-electron chi connectivity index (χ0n) is 7.66. The molecule has 3 nitrogen and oxygen atoms in total. The van der Waals surface area contributed by atoms with Crippen LogP contribution in [0, 0.1) is 0 Å². The maximum atomic E-state index is 9.00. The Morgan fingerprint density at radius 1 is 1.57 bits per heavy atom. The fourth-order valence-corrected chi connectivity index (χ4v) is 1.86. The standard InChI is InChI=1S/C10H12BrNO2/c11-8-1-2-10-7(3-8)4-12-9(5-13)6-14-10/h1-3,9,12-13H,4-6H2. The molecule has 76 valence electrons. The molecule has 0 spiro atoms. The summed E-state index contributed by atoms with van der Waals surface area (Å²) in [5.74, 6) is 0.900. The second-order valence-corrected chi connectivity index (χ2v) is 4.24. The number of benzene rings is 1. The summed E-state index contributed by atoms with van der Waals surface area (Å²) in [6, 6.07) is 5.96. The maximum Gasteiger partial charge on any atom is 0.123 e. The highest BCUT2D eigenvalue weighted by Crippen LogP contribution is 2.24. The first-order chi connectivity index (χ1) is 6.79. The van der Waals surface area contributed by atoms with Crippen molar-refractivity contribution >= 4 is 15.9 Å².